The van der Waals surface area contributed by atoms with Crippen molar-refractivity contribution in [3.8, 4) is 0 Å². The Morgan fingerprint density at radius 3 is 2.36 bits per heavy atom. The Hall–Kier alpha value is -1.84. The van der Waals surface area contributed by atoms with Gasteiger partial charge in [-0.15, -0.1) is 11.3 Å². The van der Waals surface area contributed by atoms with Gasteiger partial charge in [0.25, 0.3) is 0 Å². The van der Waals surface area contributed by atoms with Crippen molar-refractivity contribution in [3.05, 3.63) is 75.3 Å². The fourth-order valence-electron chi connectivity index (χ4n) is 2.73. The van der Waals surface area contributed by atoms with Crippen molar-refractivity contribution >= 4 is 33.8 Å². The van der Waals surface area contributed by atoms with Gasteiger partial charge in [0.15, 0.2) is 5.13 Å². The maximum atomic E-state index is 6.01. The molecule has 0 amide bonds. The first kappa shape index (κ1) is 18.0. The molecule has 2 aromatic carbocycles. The zero-order chi connectivity index (χ0) is 18.0. The molecule has 0 fully saturated rings. The molecule has 2 nitrogen and oxygen atoms in total. The van der Waals surface area contributed by atoms with E-state index in [1.165, 1.54) is 16.0 Å². The lowest BCUT2D eigenvalue weighted by Gasteiger charge is -2.17. The largest absolute Gasteiger partial charge is 0.331 e. The first-order chi connectivity index (χ1) is 11.8. The normalized spacial score (nSPS) is 11.6. The van der Waals surface area contributed by atoms with Crippen LogP contribution in [0.2, 0.25) is 5.02 Å². The van der Waals surface area contributed by atoms with Crippen LogP contribution >= 0.6 is 22.9 Å². The molecule has 0 radical (unpaired) electrons. The fourth-order valence-corrected chi connectivity index (χ4v) is 4.07. The smallest absolute Gasteiger partial charge is 0.187 e. The van der Waals surface area contributed by atoms with Gasteiger partial charge in [-0.1, -0.05) is 62.7 Å². The Morgan fingerprint density at radius 1 is 1.04 bits per heavy atom. The Balaban J connectivity index is 1.92. The molecule has 130 valence electrons. The summed E-state index contributed by atoms with van der Waals surface area (Å²) in [4.78, 5) is 6.21. The van der Waals surface area contributed by atoms with Crippen molar-refractivity contribution in [2.75, 3.05) is 5.32 Å². The maximum Gasteiger partial charge on any atom is 0.187 e. The second-order valence-corrected chi connectivity index (χ2v) is 8.80. The number of para-hydroxylation sites is 1. The number of nitrogens with zero attached hydrogens (tertiary/aromatic N) is 1. The number of anilines is 2. The van der Waals surface area contributed by atoms with E-state index >= 15 is 0 Å². The molecule has 1 aromatic heterocycles. The minimum atomic E-state index is 0.00389. The molecule has 0 aliphatic heterocycles. The molecule has 0 saturated carbocycles. The van der Waals surface area contributed by atoms with E-state index in [4.69, 9.17) is 16.6 Å². The van der Waals surface area contributed by atoms with Gasteiger partial charge < -0.3 is 5.32 Å². The van der Waals surface area contributed by atoms with E-state index < -0.39 is 0 Å². The summed E-state index contributed by atoms with van der Waals surface area (Å²) >= 11 is 7.74. The molecular formula is C21H23ClN2S. The number of hydrogen-bond acceptors (Lipinski definition) is 3. The summed E-state index contributed by atoms with van der Waals surface area (Å²) in [5, 5.41) is 5.20. The van der Waals surface area contributed by atoms with Gasteiger partial charge in [-0.05, 0) is 36.2 Å². The Bertz CT molecular complexity index is 860. The van der Waals surface area contributed by atoms with Crippen molar-refractivity contribution in [1.29, 1.82) is 0 Å². The number of halogens is 1. The standard InChI is InChI=1S/C21H23ClN2S/c1-14-7-5-6-8-17(14)23-20-24-19(21(2,3)4)18(25-20)13-15-9-11-16(22)12-10-15/h5-12H,13H2,1-4H3,(H,23,24). The molecule has 3 rings (SSSR count). The van der Waals surface area contributed by atoms with Crippen LogP contribution in [0.4, 0.5) is 10.8 Å². The van der Waals surface area contributed by atoms with Gasteiger partial charge in [0, 0.05) is 27.4 Å². The monoisotopic (exact) mass is 370 g/mol. The van der Waals surface area contributed by atoms with Crippen molar-refractivity contribution in [1.82, 2.24) is 4.98 Å². The molecule has 0 spiro atoms. The van der Waals surface area contributed by atoms with E-state index in [0.29, 0.717) is 0 Å². The average molecular weight is 371 g/mol. The Kier molecular flexibility index (Phi) is 5.16. The predicted molar refractivity (Wildman–Crippen MR) is 110 cm³/mol. The van der Waals surface area contributed by atoms with Crippen LogP contribution in [0.5, 0.6) is 0 Å². The number of thiazole rings is 1. The van der Waals surface area contributed by atoms with Crippen LogP contribution in [-0.2, 0) is 11.8 Å². The van der Waals surface area contributed by atoms with Crippen LogP contribution in [0.3, 0.4) is 0 Å². The second kappa shape index (κ2) is 7.19. The summed E-state index contributed by atoms with van der Waals surface area (Å²) in [6.45, 7) is 8.75. The molecule has 0 aliphatic rings. The van der Waals surface area contributed by atoms with E-state index in [9.17, 15) is 0 Å². The summed E-state index contributed by atoms with van der Waals surface area (Å²) < 4.78 is 0. The molecule has 0 atom stereocenters. The van der Waals surface area contributed by atoms with Crippen LogP contribution in [0.1, 0.15) is 42.5 Å². The highest BCUT2D eigenvalue weighted by Gasteiger charge is 2.23. The number of aromatic nitrogens is 1. The zero-order valence-electron chi connectivity index (χ0n) is 15.1. The third kappa shape index (κ3) is 4.42. The van der Waals surface area contributed by atoms with Gasteiger partial charge in [0.2, 0.25) is 0 Å². The topological polar surface area (TPSA) is 24.9 Å². The molecule has 1 N–H and O–H groups in total. The van der Waals surface area contributed by atoms with Crippen LogP contribution < -0.4 is 5.32 Å². The molecule has 0 saturated heterocycles. The van der Waals surface area contributed by atoms with Crippen LogP contribution in [0.15, 0.2) is 48.5 Å². The van der Waals surface area contributed by atoms with E-state index in [1.807, 2.05) is 18.2 Å². The first-order valence-electron chi connectivity index (χ1n) is 8.40. The Labute approximate surface area is 158 Å². The third-order valence-electron chi connectivity index (χ3n) is 4.07. The van der Waals surface area contributed by atoms with Crippen molar-refractivity contribution in [2.24, 2.45) is 0 Å². The van der Waals surface area contributed by atoms with Crippen LogP contribution in [0, 0.1) is 6.92 Å². The van der Waals surface area contributed by atoms with E-state index in [2.05, 4.69) is 63.3 Å². The first-order valence-corrected chi connectivity index (χ1v) is 9.59. The van der Waals surface area contributed by atoms with Gasteiger partial charge in [-0.25, -0.2) is 4.98 Å². The summed E-state index contributed by atoms with van der Waals surface area (Å²) in [5.74, 6) is 0. The van der Waals surface area contributed by atoms with Gasteiger partial charge in [-0.3, -0.25) is 0 Å². The van der Waals surface area contributed by atoms with Crippen molar-refractivity contribution in [2.45, 2.75) is 39.5 Å². The molecular weight excluding hydrogens is 348 g/mol. The molecule has 3 aromatic rings. The molecule has 0 unspecified atom stereocenters. The lowest BCUT2D eigenvalue weighted by atomic mass is 9.90. The number of nitrogens with one attached hydrogen (secondary N) is 1. The quantitative estimate of drug-likeness (QED) is 0.550. The highest BCUT2D eigenvalue weighted by Crippen LogP contribution is 2.35. The molecule has 0 bridgehead atoms. The fraction of sp³-hybridized carbons (Fsp3) is 0.286. The number of aryl methyl sites for hydroxylation is 1. The summed E-state index contributed by atoms with van der Waals surface area (Å²) in [7, 11) is 0. The van der Waals surface area contributed by atoms with Gasteiger partial charge in [0.1, 0.15) is 0 Å². The SMILES string of the molecule is Cc1ccccc1Nc1nc(C(C)(C)C)c(Cc2ccc(Cl)cc2)s1. The minimum Gasteiger partial charge on any atom is -0.331 e. The molecule has 0 aliphatic carbocycles. The average Bonchev–Trinajstić information content (AvgIpc) is 2.95. The van der Waals surface area contributed by atoms with Crippen LogP contribution in [0.25, 0.3) is 0 Å². The Morgan fingerprint density at radius 2 is 1.72 bits per heavy atom. The lowest BCUT2D eigenvalue weighted by Crippen LogP contribution is -2.14. The number of rotatable bonds is 4. The van der Waals surface area contributed by atoms with Gasteiger partial charge in [-0.2, -0.15) is 0 Å². The molecule has 4 heteroatoms. The predicted octanol–water partition coefficient (Wildman–Crippen LogP) is 6.74. The van der Waals surface area contributed by atoms with Gasteiger partial charge in [0.05, 0.1) is 5.69 Å². The highest BCUT2D eigenvalue weighted by atomic mass is 35.5. The van der Waals surface area contributed by atoms with Crippen molar-refractivity contribution in [3.63, 3.8) is 0 Å². The summed E-state index contributed by atoms with van der Waals surface area (Å²) in [5.41, 5.74) is 4.73. The second-order valence-electron chi connectivity index (χ2n) is 7.28. The third-order valence-corrected chi connectivity index (χ3v) is 5.30. The van der Waals surface area contributed by atoms with Crippen LogP contribution in [-0.4, -0.2) is 4.98 Å². The van der Waals surface area contributed by atoms with E-state index in [1.54, 1.807) is 11.3 Å². The molecule has 1 heterocycles. The number of benzene rings is 2. The van der Waals surface area contributed by atoms with Crippen molar-refractivity contribution < 1.29 is 0 Å². The summed E-state index contributed by atoms with van der Waals surface area (Å²) in [6.07, 6.45) is 0.872. The van der Waals surface area contributed by atoms with E-state index in [0.717, 1.165) is 28.0 Å². The minimum absolute atomic E-state index is 0.00389. The molecule has 25 heavy (non-hydrogen) atoms. The summed E-state index contributed by atoms with van der Waals surface area (Å²) in [6, 6.07) is 16.4. The zero-order valence-corrected chi connectivity index (χ0v) is 16.6. The lowest BCUT2D eigenvalue weighted by molar-refractivity contribution is 0.568. The van der Waals surface area contributed by atoms with E-state index in [-0.39, 0.29) is 5.41 Å². The highest BCUT2D eigenvalue weighted by molar-refractivity contribution is 7.15. The van der Waals surface area contributed by atoms with Gasteiger partial charge >= 0.3 is 0 Å². The number of hydrogen-bond donors (Lipinski definition) is 1. The maximum absolute atomic E-state index is 6.01.